The van der Waals surface area contributed by atoms with E-state index in [1.54, 1.807) is 17.6 Å². The van der Waals surface area contributed by atoms with E-state index in [0.29, 0.717) is 23.3 Å². The van der Waals surface area contributed by atoms with Gasteiger partial charge in [0.05, 0.1) is 16.6 Å². The molecule has 1 aromatic heterocycles. The fraction of sp³-hybridized carbons (Fsp3) is 0.200. The van der Waals surface area contributed by atoms with Gasteiger partial charge in [0.2, 0.25) is 0 Å². The molecule has 0 unspecified atom stereocenters. The van der Waals surface area contributed by atoms with Gasteiger partial charge in [-0.3, -0.25) is 9.59 Å². The van der Waals surface area contributed by atoms with Crippen molar-refractivity contribution in [2.24, 2.45) is 0 Å². The van der Waals surface area contributed by atoms with Gasteiger partial charge in [-0.1, -0.05) is 0 Å². The van der Waals surface area contributed by atoms with Crippen molar-refractivity contribution in [3.8, 4) is 0 Å². The molecular formula is C20H17F2N3O4. The number of benzene rings is 2. The molecule has 0 bridgehead atoms. The molecule has 29 heavy (non-hydrogen) atoms. The number of rotatable bonds is 5. The normalized spacial score (nSPS) is 10.8. The van der Waals surface area contributed by atoms with Gasteiger partial charge in [0.15, 0.2) is 18.2 Å². The molecule has 0 radical (unpaired) electrons. The number of aromatic nitrogens is 2. The maximum atomic E-state index is 13.2. The zero-order chi connectivity index (χ0) is 21.1. The quantitative estimate of drug-likeness (QED) is 0.664. The lowest BCUT2D eigenvalue weighted by atomic mass is 10.2. The van der Waals surface area contributed by atoms with Gasteiger partial charge in [0.25, 0.3) is 11.5 Å². The molecule has 3 rings (SSSR count). The molecular weight excluding hydrogens is 384 g/mol. The van der Waals surface area contributed by atoms with E-state index < -0.39 is 30.1 Å². The number of fused-ring (bicyclic) bond motifs is 1. The second kappa shape index (κ2) is 8.17. The van der Waals surface area contributed by atoms with Crippen LogP contribution in [0.4, 0.5) is 14.5 Å². The molecule has 0 aliphatic carbocycles. The molecule has 3 aromatic rings. The summed E-state index contributed by atoms with van der Waals surface area (Å²) in [5, 5.41) is 2.30. The molecule has 0 saturated heterocycles. The summed E-state index contributed by atoms with van der Waals surface area (Å²) < 4.78 is 32.6. The number of hydrogen-bond donors (Lipinski definition) is 1. The van der Waals surface area contributed by atoms with E-state index in [4.69, 9.17) is 4.74 Å². The number of nitrogens with one attached hydrogen (secondary N) is 1. The van der Waals surface area contributed by atoms with Gasteiger partial charge in [-0.15, -0.1) is 0 Å². The van der Waals surface area contributed by atoms with Crippen molar-refractivity contribution in [3.63, 3.8) is 0 Å². The first-order valence-electron chi connectivity index (χ1n) is 8.73. The third kappa shape index (κ3) is 4.29. The third-order valence-corrected chi connectivity index (χ3v) is 4.20. The highest BCUT2D eigenvalue weighted by Crippen LogP contribution is 2.15. The Kier molecular flexibility index (Phi) is 5.67. The summed E-state index contributed by atoms with van der Waals surface area (Å²) in [6, 6.07) is 7.41. The molecule has 0 atom stereocenters. The van der Waals surface area contributed by atoms with Crippen LogP contribution >= 0.6 is 0 Å². The highest BCUT2D eigenvalue weighted by molar-refractivity contribution is 5.97. The molecule has 0 aliphatic heterocycles. The second-order valence-electron chi connectivity index (χ2n) is 6.20. The number of aryl methyl sites for hydroxylation is 2. The molecule has 2 aromatic carbocycles. The van der Waals surface area contributed by atoms with E-state index in [1.807, 2.05) is 6.92 Å². The maximum Gasteiger partial charge on any atom is 0.338 e. The average molecular weight is 401 g/mol. The average Bonchev–Trinajstić information content (AvgIpc) is 2.69. The Morgan fingerprint density at radius 2 is 1.90 bits per heavy atom. The van der Waals surface area contributed by atoms with Crippen LogP contribution in [0.25, 0.3) is 11.0 Å². The van der Waals surface area contributed by atoms with Crippen LogP contribution in [0.5, 0.6) is 0 Å². The van der Waals surface area contributed by atoms with Crippen LogP contribution in [-0.2, 0) is 16.1 Å². The zero-order valence-electron chi connectivity index (χ0n) is 15.7. The van der Waals surface area contributed by atoms with Crippen LogP contribution in [-0.4, -0.2) is 28.0 Å². The highest BCUT2D eigenvalue weighted by atomic mass is 19.2. The summed E-state index contributed by atoms with van der Waals surface area (Å²) in [6.45, 7) is 3.25. The summed E-state index contributed by atoms with van der Waals surface area (Å²) in [4.78, 5) is 40.4. The Bertz CT molecular complexity index is 1170. The van der Waals surface area contributed by atoms with Crippen molar-refractivity contribution in [3.05, 3.63) is 69.6 Å². The third-order valence-electron chi connectivity index (χ3n) is 4.20. The van der Waals surface area contributed by atoms with Crippen LogP contribution < -0.4 is 10.9 Å². The lowest BCUT2D eigenvalue weighted by molar-refractivity contribution is -0.119. The number of hydrogen-bond acceptors (Lipinski definition) is 5. The van der Waals surface area contributed by atoms with E-state index in [0.717, 1.165) is 12.1 Å². The van der Waals surface area contributed by atoms with E-state index in [2.05, 4.69) is 10.3 Å². The fourth-order valence-corrected chi connectivity index (χ4v) is 2.80. The van der Waals surface area contributed by atoms with Crippen LogP contribution in [0, 0.1) is 18.6 Å². The first kappa shape index (κ1) is 20.1. The number of carbonyl (C=O) groups excluding carboxylic acids is 2. The number of esters is 1. The number of nitrogens with zero attached hydrogens (tertiary/aromatic N) is 2. The largest absolute Gasteiger partial charge is 0.452 e. The molecule has 7 nitrogen and oxygen atoms in total. The van der Waals surface area contributed by atoms with E-state index in [-0.39, 0.29) is 16.8 Å². The summed E-state index contributed by atoms with van der Waals surface area (Å²) in [5.41, 5.74) is 1.32. The van der Waals surface area contributed by atoms with Gasteiger partial charge >= 0.3 is 5.97 Å². The predicted octanol–water partition coefficient (Wildman–Crippen LogP) is 2.80. The number of halogens is 2. The fourth-order valence-electron chi connectivity index (χ4n) is 2.80. The van der Waals surface area contributed by atoms with Crippen molar-refractivity contribution < 1.29 is 23.1 Å². The number of carbonyl (C=O) groups is 2. The standard InChI is InChI=1S/C20H17F2N3O4/c1-3-25-17-7-4-12(8-16(17)23-11(2)19(25)27)20(28)29-10-18(26)24-13-5-6-14(21)15(22)9-13/h4-9H,3,10H2,1-2H3,(H,24,26). The highest BCUT2D eigenvalue weighted by Gasteiger charge is 2.14. The van der Waals surface area contributed by atoms with Gasteiger partial charge in [0, 0.05) is 18.3 Å². The molecule has 1 heterocycles. The maximum absolute atomic E-state index is 13.2. The monoisotopic (exact) mass is 401 g/mol. The van der Waals surface area contributed by atoms with Crippen LogP contribution in [0.1, 0.15) is 23.0 Å². The summed E-state index contributed by atoms with van der Waals surface area (Å²) >= 11 is 0. The minimum absolute atomic E-state index is 0.0351. The van der Waals surface area contributed by atoms with E-state index in [9.17, 15) is 23.2 Å². The molecule has 1 N–H and O–H groups in total. The van der Waals surface area contributed by atoms with Gasteiger partial charge in [-0.2, -0.15) is 0 Å². The molecule has 0 spiro atoms. The van der Waals surface area contributed by atoms with Crippen LogP contribution in [0.3, 0.4) is 0 Å². The van der Waals surface area contributed by atoms with Crippen molar-refractivity contribution >= 4 is 28.6 Å². The van der Waals surface area contributed by atoms with Crippen molar-refractivity contribution in [1.82, 2.24) is 9.55 Å². The van der Waals surface area contributed by atoms with Crippen molar-refractivity contribution in [2.45, 2.75) is 20.4 Å². The second-order valence-corrected chi connectivity index (χ2v) is 6.20. The summed E-state index contributed by atoms with van der Waals surface area (Å²) in [5.74, 6) is -3.62. The molecule has 0 saturated carbocycles. The Morgan fingerprint density at radius 1 is 1.14 bits per heavy atom. The van der Waals surface area contributed by atoms with Crippen molar-refractivity contribution in [1.29, 1.82) is 0 Å². The minimum Gasteiger partial charge on any atom is -0.452 e. The molecule has 0 aliphatic rings. The Hall–Kier alpha value is -3.62. The van der Waals surface area contributed by atoms with Crippen LogP contribution in [0.15, 0.2) is 41.2 Å². The molecule has 9 heteroatoms. The van der Waals surface area contributed by atoms with E-state index >= 15 is 0 Å². The summed E-state index contributed by atoms with van der Waals surface area (Å²) in [7, 11) is 0. The first-order valence-corrected chi connectivity index (χ1v) is 8.73. The smallest absolute Gasteiger partial charge is 0.338 e. The topological polar surface area (TPSA) is 90.3 Å². The summed E-state index contributed by atoms with van der Waals surface area (Å²) in [6.07, 6.45) is 0. The number of amides is 1. The SMILES string of the molecule is CCn1c(=O)c(C)nc2cc(C(=O)OCC(=O)Nc3ccc(F)c(F)c3)ccc21. The van der Waals surface area contributed by atoms with Gasteiger partial charge in [-0.05, 0) is 44.2 Å². The molecule has 150 valence electrons. The Balaban J connectivity index is 1.71. The minimum atomic E-state index is -1.11. The lowest BCUT2D eigenvalue weighted by Crippen LogP contribution is -2.23. The first-order chi connectivity index (χ1) is 13.8. The number of ether oxygens (including phenoxy) is 1. The van der Waals surface area contributed by atoms with Gasteiger partial charge in [0.1, 0.15) is 5.69 Å². The van der Waals surface area contributed by atoms with E-state index in [1.165, 1.54) is 18.2 Å². The number of anilines is 1. The predicted molar refractivity (Wildman–Crippen MR) is 102 cm³/mol. The lowest BCUT2D eigenvalue weighted by Gasteiger charge is -2.10. The Labute approximate surface area is 163 Å². The molecule has 0 fully saturated rings. The zero-order valence-corrected chi connectivity index (χ0v) is 15.7. The van der Waals surface area contributed by atoms with Crippen LogP contribution in [0.2, 0.25) is 0 Å². The van der Waals surface area contributed by atoms with Gasteiger partial charge < -0.3 is 14.6 Å². The molecule has 1 amide bonds. The Morgan fingerprint density at radius 3 is 2.59 bits per heavy atom. The van der Waals surface area contributed by atoms with Gasteiger partial charge in [-0.25, -0.2) is 18.6 Å². The van der Waals surface area contributed by atoms with Crippen molar-refractivity contribution in [2.75, 3.05) is 11.9 Å².